The summed E-state index contributed by atoms with van der Waals surface area (Å²) in [5, 5.41) is 11.2. The van der Waals surface area contributed by atoms with E-state index in [0.29, 0.717) is 20.8 Å². The fourth-order valence-corrected chi connectivity index (χ4v) is 2.73. The van der Waals surface area contributed by atoms with Crippen LogP contribution in [0.4, 0.5) is 0 Å². The van der Waals surface area contributed by atoms with Gasteiger partial charge in [0.25, 0.3) is 0 Å². The second-order valence-corrected chi connectivity index (χ2v) is 5.78. The third-order valence-corrected chi connectivity index (χ3v) is 4.19. The highest BCUT2D eigenvalue weighted by Crippen LogP contribution is 2.35. The van der Waals surface area contributed by atoms with Crippen LogP contribution in [0.25, 0.3) is 0 Å². The quantitative estimate of drug-likeness (QED) is 0.633. The summed E-state index contributed by atoms with van der Waals surface area (Å²) in [4.78, 5) is 0. The van der Waals surface area contributed by atoms with E-state index in [4.69, 9.17) is 39.5 Å². The number of benzene rings is 1. The van der Waals surface area contributed by atoms with Gasteiger partial charge in [-0.2, -0.15) is 0 Å². The molecule has 1 aliphatic rings. The molecule has 0 aromatic heterocycles. The van der Waals surface area contributed by atoms with E-state index in [-0.39, 0.29) is 6.10 Å². The minimum Gasteiger partial charge on any atom is -0.486 e. The van der Waals surface area contributed by atoms with E-state index >= 15 is 0 Å². The van der Waals surface area contributed by atoms with Crippen LogP contribution in [0.2, 0.25) is 15.1 Å². The molecule has 1 aliphatic carbocycles. The third kappa shape index (κ3) is 3.45. The van der Waals surface area contributed by atoms with Gasteiger partial charge in [-0.15, -0.1) is 0 Å². The molecule has 1 N–H and O–H groups in total. The molecular formula is C13H15Cl3O2. The van der Waals surface area contributed by atoms with Crippen LogP contribution in [-0.4, -0.2) is 17.3 Å². The largest absolute Gasteiger partial charge is 0.486 e. The van der Waals surface area contributed by atoms with E-state index < -0.39 is 6.10 Å². The van der Waals surface area contributed by atoms with Crippen molar-refractivity contribution >= 4 is 34.8 Å². The average Bonchev–Trinajstić information content (AvgIpc) is 2.52. The van der Waals surface area contributed by atoms with Crippen LogP contribution >= 0.6 is 34.8 Å². The molecule has 1 aromatic carbocycles. The number of halogens is 3. The van der Waals surface area contributed by atoms with Gasteiger partial charge in [-0.1, -0.05) is 47.6 Å². The van der Waals surface area contributed by atoms with Crippen molar-refractivity contribution in [3.8, 4) is 5.75 Å². The molecule has 0 aliphatic heterocycles. The summed E-state index contributed by atoms with van der Waals surface area (Å²) >= 11 is 17.9. The lowest BCUT2D eigenvalue weighted by Crippen LogP contribution is -2.30. The van der Waals surface area contributed by atoms with Crippen molar-refractivity contribution < 1.29 is 9.84 Å². The molecule has 100 valence electrons. The van der Waals surface area contributed by atoms with Crippen LogP contribution in [0.1, 0.15) is 32.1 Å². The molecule has 2 unspecified atom stereocenters. The SMILES string of the molecule is OC1CCCCCC1Oc1cc(Cl)c(Cl)cc1Cl. The highest BCUT2D eigenvalue weighted by molar-refractivity contribution is 6.43. The zero-order chi connectivity index (χ0) is 13.1. The van der Waals surface area contributed by atoms with E-state index in [1.807, 2.05) is 0 Å². The standard InChI is InChI=1S/C13H15Cl3O2/c14-8-6-10(16)13(7-9(8)15)18-12-5-3-1-2-4-11(12)17/h6-7,11-12,17H,1-5H2. The van der Waals surface area contributed by atoms with Crippen molar-refractivity contribution in [2.45, 2.75) is 44.3 Å². The van der Waals surface area contributed by atoms with Crippen LogP contribution in [-0.2, 0) is 0 Å². The Morgan fingerprint density at radius 1 is 0.944 bits per heavy atom. The molecule has 0 amide bonds. The second kappa shape index (κ2) is 6.33. The van der Waals surface area contributed by atoms with Gasteiger partial charge in [-0.3, -0.25) is 0 Å². The molecule has 2 rings (SSSR count). The van der Waals surface area contributed by atoms with Gasteiger partial charge in [-0.05, 0) is 25.3 Å². The Morgan fingerprint density at radius 3 is 2.39 bits per heavy atom. The molecular weight excluding hydrogens is 294 g/mol. The summed E-state index contributed by atoms with van der Waals surface area (Å²) in [7, 11) is 0. The molecule has 2 nitrogen and oxygen atoms in total. The first-order valence-corrected chi connectivity index (χ1v) is 7.20. The molecule has 1 saturated carbocycles. The van der Waals surface area contributed by atoms with Gasteiger partial charge in [0.05, 0.1) is 21.2 Å². The Balaban J connectivity index is 2.14. The van der Waals surface area contributed by atoms with E-state index in [0.717, 1.165) is 32.1 Å². The summed E-state index contributed by atoms with van der Waals surface area (Å²) in [5.74, 6) is 0.483. The summed E-state index contributed by atoms with van der Waals surface area (Å²) in [6.45, 7) is 0. The highest BCUT2D eigenvalue weighted by Gasteiger charge is 2.24. The predicted molar refractivity (Wildman–Crippen MR) is 75.0 cm³/mol. The number of aliphatic hydroxyl groups is 1. The Morgan fingerprint density at radius 2 is 1.61 bits per heavy atom. The lowest BCUT2D eigenvalue weighted by Gasteiger charge is -2.22. The van der Waals surface area contributed by atoms with E-state index in [9.17, 15) is 5.11 Å². The normalized spacial score (nSPS) is 24.7. The first kappa shape index (κ1) is 14.3. The van der Waals surface area contributed by atoms with Crippen molar-refractivity contribution in [2.75, 3.05) is 0 Å². The molecule has 1 aromatic rings. The summed E-state index contributed by atoms with van der Waals surface area (Å²) in [6, 6.07) is 3.16. The van der Waals surface area contributed by atoms with Crippen molar-refractivity contribution in [3.63, 3.8) is 0 Å². The van der Waals surface area contributed by atoms with Crippen molar-refractivity contribution in [1.29, 1.82) is 0 Å². The molecule has 0 heterocycles. The van der Waals surface area contributed by atoms with Crippen LogP contribution in [0.5, 0.6) is 5.75 Å². The van der Waals surface area contributed by atoms with Gasteiger partial charge in [0.15, 0.2) is 0 Å². The first-order valence-electron chi connectivity index (χ1n) is 6.07. The van der Waals surface area contributed by atoms with Gasteiger partial charge in [0.2, 0.25) is 0 Å². The Hall–Kier alpha value is -0.150. The summed E-state index contributed by atoms with van der Waals surface area (Å²) in [5.41, 5.74) is 0. The second-order valence-electron chi connectivity index (χ2n) is 4.56. The third-order valence-electron chi connectivity index (χ3n) is 3.17. The fraction of sp³-hybridized carbons (Fsp3) is 0.538. The number of aliphatic hydroxyl groups excluding tert-OH is 1. The Labute approximate surface area is 122 Å². The Bertz CT molecular complexity index is 423. The van der Waals surface area contributed by atoms with Crippen molar-refractivity contribution in [2.24, 2.45) is 0 Å². The fourth-order valence-electron chi connectivity index (χ4n) is 2.15. The van der Waals surface area contributed by atoms with Gasteiger partial charge < -0.3 is 9.84 Å². The van der Waals surface area contributed by atoms with Gasteiger partial charge in [-0.25, -0.2) is 0 Å². The molecule has 2 atom stereocenters. The lowest BCUT2D eigenvalue weighted by molar-refractivity contribution is 0.0320. The number of rotatable bonds is 2. The number of hydrogen-bond donors (Lipinski definition) is 1. The molecule has 0 saturated heterocycles. The number of hydrogen-bond acceptors (Lipinski definition) is 2. The van der Waals surface area contributed by atoms with Crippen LogP contribution < -0.4 is 4.74 Å². The van der Waals surface area contributed by atoms with Crippen molar-refractivity contribution in [1.82, 2.24) is 0 Å². The molecule has 0 spiro atoms. The maximum absolute atomic E-state index is 10.00. The predicted octanol–water partition coefficient (Wildman–Crippen LogP) is 4.72. The summed E-state index contributed by atoms with van der Waals surface area (Å²) in [6.07, 6.45) is 4.16. The molecule has 18 heavy (non-hydrogen) atoms. The van der Waals surface area contributed by atoms with Crippen LogP contribution in [0.15, 0.2) is 12.1 Å². The van der Waals surface area contributed by atoms with Gasteiger partial charge in [0.1, 0.15) is 11.9 Å². The zero-order valence-electron chi connectivity index (χ0n) is 9.83. The zero-order valence-corrected chi connectivity index (χ0v) is 12.1. The minimum absolute atomic E-state index is 0.220. The molecule has 1 fully saturated rings. The van der Waals surface area contributed by atoms with E-state index in [1.165, 1.54) is 0 Å². The average molecular weight is 310 g/mol. The van der Waals surface area contributed by atoms with Gasteiger partial charge >= 0.3 is 0 Å². The summed E-state index contributed by atoms with van der Waals surface area (Å²) < 4.78 is 5.79. The maximum atomic E-state index is 10.00. The monoisotopic (exact) mass is 308 g/mol. The molecule has 0 bridgehead atoms. The number of ether oxygens (including phenoxy) is 1. The smallest absolute Gasteiger partial charge is 0.140 e. The molecule has 5 heteroatoms. The van der Waals surface area contributed by atoms with Crippen LogP contribution in [0, 0.1) is 0 Å². The lowest BCUT2D eigenvalue weighted by atomic mass is 10.1. The maximum Gasteiger partial charge on any atom is 0.140 e. The van der Waals surface area contributed by atoms with E-state index in [1.54, 1.807) is 12.1 Å². The van der Waals surface area contributed by atoms with Crippen molar-refractivity contribution in [3.05, 3.63) is 27.2 Å². The highest BCUT2D eigenvalue weighted by atomic mass is 35.5. The minimum atomic E-state index is -0.446. The topological polar surface area (TPSA) is 29.5 Å². The Kier molecular flexibility index (Phi) is 5.02. The van der Waals surface area contributed by atoms with E-state index in [2.05, 4.69) is 0 Å². The molecule has 0 radical (unpaired) electrons. The first-order chi connectivity index (χ1) is 8.58. The van der Waals surface area contributed by atoms with Gasteiger partial charge in [0, 0.05) is 6.07 Å². The van der Waals surface area contributed by atoms with Crippen LogP contribution in [0.3, 0.4) is 0 Å².